The third-order valence-electron chi connectivity index (χ3n) is 6.47. The van der Waals surface area contributed by atoms with Gasteiger partial charge in [0.25, 0.3) is 0 Å². The van der Waals surface area contributed by atoms with Crippen LogP contribution in [0, 0.1) is 16.7 Å². The third kappa shape index (κ3) is 4.94. The number of rotatable bonds is 6. The van der Waals surface area contributed by atoms with E-state index >= 15 is 0 Å². The lowest BCUT2D eigenvalue weighted by atomic mass is 9.70. The van der Waals surface area contributed by atoms with Crippen LogP contribution in [0.2, 0.25) is 0 Å². The van der Waals surface area contributed by atoms with Crippen LogP contribution in [0.3, 0.4) is 0 Å². The van der Waals surface area contributed by atoms with E-state index in [0.717, 1.165) is 56.3 Å². The highest BCUT2D eigenvalue weighted by molar-refractivity contribution is 7.11. The molecule has 0 N–H and O–H groups in total. The molecule has 0 bridgehead atoms. The Hall–Kier alpha value is -1.95. The van der Waals surface area contributed by atoms with Crippen molar-refractivity contribution in [2.24, 2.45) is 5.41 Å². The lowest BCUT2D eigenvalue weighted by molar-refractivity contribution is -0.230. The van der Waals surface area contributed by atoms with Crippen LogP contribution in [-0.4, -0.2) is 34.7 Å². The second-order valence-corrected chi connectivity index (χ2v) is 10.4. The molecule has 0 saturated carbocycles. The Morgan fingerprint density at radius 2 is 2.00 bits per heavy atom. The highest BCUT2D eigenvalue weighted by Gasteiger charge is 2.52. The van der Waals surface area contributed by atoms with Crippen LogP contribution in [0.5, 0.6) is 0 Å². The largest absolute Gasteiger partial charge is 0.427 e. The first kappa shape index (κ1) is 22.3. The zero-order valence-corrected chi connectivity index (χ0v) is 18.5. The van der Waals surface area contributed by atoms with Crippen LogP contribution in [0.15, 0.2) is 30.5 Å². The van der Waals surface area contributed by atoms with Crippen LogP contribution >= 0.6 is 11.3 Å². The summed E-state index contributed by atoms with van der Waals surface area (Å²) in [5, 5.41) is 9.50. The summed E-state index contributed by atoms with van der Waals surface area (Å²) in [6.07, 6.45) is 0.540. The summed E-state index contributed by atoms with van der Waals surface area (Å²) in [7, 11) is 0. The van der Waals surface area contributed by atoms with Gasteiger partial charge in [0.1, 0.15) is 9.88 Å². The van der Waals surface area contributed by atoms with E-state index in [0.29, 0.717) is 17.1 Å². The SMILES string of the molecule is CC1(C)C[C@H]([C@]2(CCc3ccc(C#N)cc3)CCN(Cc3ncc(C(F)(F)F)s3)C2)O1. The second-order valence-electron chi connectivity index (χ2n) is 9.32. The quantitative estimate of drug-likeness (QED) is 0.590. The number of hydrogen-bond donors (Lipinski definition) is 0. The molecular weight excluding hydrogens is 423 g/mol. The maximum Gasteiger partial charge on any atom is 0.427 e. The van der Waals surface area contributed by atoms with Gasteiger partial charge in [-0.05, 0) is 57.4 Å². The van der Waals surface area contributed by atoms with Crippen molar-refractivity contribution in [1.29, 1.82) is 5.26 Å². The molecule has 8 heteroatoms. The summed E-state index contributed by atoms with van der Waals surface area (Å²) >= 11 is 0.733. The molecule has 2 atom stereocenters. The van der Waals surface area contributed by atoms with Crippen molar-refractivity contribution >= 4 is 11.3 Å². The molecule has 2 aliphatic rings. The van der Waals surface area contributed by atoms with Gasteiger partial charge < -0.3 is 4.74 Å². The minimum atomic E-state index is -4.34. The molecule has 1 aromatic carbocycles. The van der Waals surface area contributed by atoms with Crippen molar-refractivity contribution in [3.05, 3.63) is 51.5 Å². The number of ether oxygens (including phenoxy) is 1. The number of aromatic nitrogens is 1. The molecule has 2 aliphatic heterocycles. The molecule has 2 saturated heterocycles. The van der Waals surface area contributed by atoms with Crippen molar-refractivity contribution in [1.82, 2.24) is 9.88 Å². The number of thiazole rings is 1. The van der Waals surface area contributed by atoms with Crippen LogP contribution in [0.1, 0.15) is 54.1 Å². The van der Waals surface area contributed by atoms with E-state index in [-0.39, 0.29) is 17.1 Å². The first-order valence-electron chi connectivity index (χ1n) is 10.5. The molecule has 3 heterocycles. The lowest BCUT2D eigenvalue weighted by Gasteiger charge is -2.52. The molecule has 0 spiro atoms. The van der Waals surface area contributed by atoms with Crippen LogP contribution in [0.4, 0.5) is 13.2 Å². The smallest absolute Gasteiger partial charge is 0.372 e. The number of nitrogens with zero attached hydrogens (tertiary/aromatic N) is 3. The van der Waals surface area contributed by atoms with Gasteiger partial charge in [0.05, 0.1) is 36.1 Å². The maximum atomic E-state index is 12.9. The normalized spacial score (nSPS) is 25.9. The molecule has 4 rings (SSSR count). The average Bonchev–Trinajstić information content (AvgIpc) is 3.33. The fourth-order valence-corrected chi connectivity index (χ4v) is 5.58. The molecular formula is C23H26F3N3OS. The molecule has 1 aromatic heterocycles. The van der Waals surface area contributed by atoms with Crippen molar-refractivity contribution in [2.75, 3.05) is 13.1 Å². The van der Waals surface area contributed by atoms with Gasteiger partial charge in [0.2, 0.25) is 0 Å². The molecule has 0 unspecified atom stereocenters. The summed E-state index contributed by atoms with van der Waals surface area (Å²) in [5.74, 6) is 0. The van der Waals surface area contributed by atoms with E-state index in [9.17, 15) is 13.2 Å². The topological polar surface area (TPSA) is 49.2 Å². The van der Waals surface area contributed by atoms with Gasteiger partial charge in [-0.2, -0.15) is 18.4 Å². The highest BCUT2D eigenvalue weighted by atomic mass is 32.1. The number of nitriles is 1. The van der Waals surface area contributed by atoms with Crippen LogP contribution in [-0.2, 0) is 23.9 Å². The van der Waals surface area contributed by atoms with E-state index in [4.69, 9.17) is 10.00 Å². The fraction of sp³-hybridized carbons (Fsp3) is 0.565. The first-order chi connectivity index (χ1) is 14.6. The predicted molar refractivity (Wildman–Crippen MR) is 112 cm³/mol. The van der Waals surface area contributed by atoms with Gasteiger partial charge >= 0.3 is 6.18 Å². The number of halogens is 3. The number of aryl methyl sites for hydroxylation is 1. The highest BCUT2D eigenvalue weighted by Crippen LogP contribution is 2.49. The molecule has 4 nitrogen and oxygen atoms in total. The standard InChI is InChI=1S/C23H26F3N3OS/c1-21(2)11-18(30-21)22(8-7-16-3-5-17(12-27)6-4-16)9-10-29(15-22)14-20-28-13-19(31-20)23(24,25)26/h3-6,13,18H,7-11,14-15H2,1-2H3/t18-,22-/m1/s1. The number of likely N-dealkylation sites (tertiary alicyclic amines) is 1. The van der Waals surface area contributed by atoms with Crippen molar-refractivity contribution in [3.63, 3.8) is 0 Å². The first-order valence-corrected chi connectivity index (χ1v) is 11.3. The summed E-state index contributed by atoms with van der Waals surface area (Å²) in [6.45, 7) is 6.26. The van der Waals surface area contributed by atoms with Gasteiger partial charge in [0.15, 0.2) is 0 Å². The second kappa shape index (κ2) is 8.19. The zero-order chi connectivity index (χ0) is 22.3. The van der Waals surface area contributed by atoms with Gasteiger partial charge in [-0.25, -0.2) is 4.98 Å². The number of alkyl halides is 3. The maximum absolute atomic E-state index is 12.9. The summed E-state index contributed by atoms with van der Waals surface area (Å²) in [6, 6.07) is 9.82. The van der Waals surface area contributed by atoms with E-state index in [1.54, 1.807) is 0 Å². The van der Waals surface area contributed by atoms with E-state index < -0.39 is 11.1 Å². The Morgan fingerprint density at radius 1 is 1.29 bits per heavy atom. The molecule has 2 fully saturated rings. The van der Waals surface area contributed by atoms with Gasteiger partial charge in [-0.15, -0.1) is 11.3 Å². The number of hydrogen-bond acceptors (Lipinski definition) is 5. The van der Waals surface area contributed by atoms with Crippen molar-refractivity contribution in [3.8, 4) is 6.07 Å². The summed E-state index contributed by atoms with van der Waals surface area (Å²) in [4.78, 5) is 5.58. The van der Waals surface area contributed by atoms with Gasteiger partial charge in [-0.3, -0.25) is 4.90 Å². The van der Waals surface area contributed by atoms with E-state index in [1.165, 1.54) is 5.56 Å². The Labute approximate surface area is 184 Å². The number of benzene rings is 1. The third-order valence-corrected chi connectivity index (χ3v) is 7.50. The Kier molecular flexibility index (Phi) is 5.88. The lowest BCUT2D eigenvalue weighted by Crippen LogP contribution is -2.55. The minimum Gasteiger partial charge on any atom is -0.372 e. The zero-order valence-electron chi connectivity index (χ0n) is 17.7. The summed E-state index contributed by atoms with van der Waals surface area (Å²) < 4.78 is 45.0. The predicted octanol–water partition coefficient (Wildman–Crippen LogP) is 5.43. The fourth-order valence-electron chi connectivity index (χ4n) is 4.76. The van der Waals surface area contributed by atoms with Crippen molar-refractivity contribution in [2.45, 2.75) is 64.0 Å². The Bertz CT molecular complexity index is 956. The molecule has 0 radical (unpaired) electrons. The van der Waals surface area contributed by atoms with Crippen LogP contribution < -0.4 is 0 Å². The molecule has 166 valence electrons. The van der Waals surface area contributed by atoms with E-state index in [2.05, 4.69) is 29.8 Å². The molecule has 2 aromatic rings. The van der Waals surface area contributed by atoms with Gasteiger partial charge in [-0.1, -0.05) is 12.1 Å². The van der Waals surface area contributed by atoms with Gasteiger partial charge in [0, 0.05) is 18.4 Å². The van der Waals surface area contributed by atoms with Crippen LogP contribution in [0.25, 0.3) is 0 Å². The van der Waals surface area contributed by atoms with Crippen molar-refractivity contribution < 1.29 is 17.9 Å². The summed E-state index contributed by atoms with van der Waals surface area (Å²) in [5.41, 5.74) is 1.70. The Balaban J connectivity index is 1.44. The molecule has 31 heavy (non-hydrogen) atoms. The minimum absolute atomic E-state index is 0.0203. The monoisotopic (exact) mass is 449 g/mol. The molecule has 0 amide bonds. The average molecular weight is 450 g/mol. The molecule has 0 aliphatic carbocycles. The van der Waals surface area contributed by atoms with E-state index in [1.807, 2.05) is 24.3 Å². The Morgan fingerprint density at radius 3 is 2.58 bits per heavy atom.